The summed E-state index contributed by atoms with van der Waals surface area (Å²) in [4.78, 5) is 4.22. The average Bonchev–Trinajstić information content (AvgIpc) is 2.27. The number of pyridine rings is 1. The summed E-state index contributed by atoms with van der Waals surface area (Å²) in [5.74, 6) is 0.747. The Hall–Kier alpha value is -1.13. The quantitative estimate of drug-likeness (QED) is 0.802. The Morgan fingerprint density at radius 2 is 2.12 bits per heavy atom. The number of rotatable bonds is 6. The summed E-state index contributed by atoms with van der Waals surface area (Å²) in [6.07, 6.45) is 1.73. The van der Waals surface area contributed by atoms with Crippen molar-refractivity contribution in [2.75, 3.05) is 13.2 Å². The molecule has 4 nitrogen and oxygen atoms in total. The van der Waals surface area contributed by atoms with Crippen molar-refractivity contribution >= 4 is 0 Å². The lowest BCUT2D eigenvalue weighted by atomic mass is 10.2. The SMILES string of the molecule is CCOCC(C)Oc1ccc(C(C)N)nc1. The first kappa shape index (κ1) is 12.9. The summed E-state index contributed by atoms with van der Waals surface area (Å²) in [6.45, 7) is 7.13. The highest BCUT2D eigenvalue weighted by molar-refractivity contribution is 5.21. The van der Waals surface area contributed by atoms with E-state index in [4.69, 9.17) is 15.2 Å². The molecule has 0 fully saturated rings. The topological polar surface area (TPSA) is 57.4 Å². The Kier molecular flexibility index (Phi) is 5.22. The zero-order valence-corrected chi connectivity index (χ0v) is 10.1. The minimum atomic E-state index is -0.0464. The van der Waals surface area contributed by atoms with Gasteiger partial charge in [0.15, 0.2) is 0 Å². The molecule has 0 radical (unpaired) electrons. The average molecular weight is 224 g/mol. The summed E-state index contributed by atoms with van der Waals surface area (Å²) in [7, 11) is 0. The van der Waals surface area contributed by atoms with E-state index in [1.807, 2.05) is 32.9 Å². The number of nitrogens with two attached hydrogens (primary N) is 1. The van der Waals surface area contributed by atoms with Crippen molar-refractivity contribution in [3.05, 3.63) is 24.0 Å². The van der Waals surface area contributed by atoms with E-state index in [0.29, 0.717) is 13.2 Å². The lowest BCUT2D eigenvalue weighted by Gasteiger charge is -2.14. The van der Waals surface area contributed by atoms with Crippen molar-refractivity contribution in [3.63, 3.8) is 0 Å². The fourth-order valence-electron chi connectivity index (χ4n) is 1.28. The van der Waals surface area contributed by atoms with Crippen molar-refractivity contribution in [2.24, 2.45) is 5.73 Å². The van der Waals surface area contributed by atoms with E-state index in [1.54, 1.807) is 6.20 Å². The van der Waals surface area contributed by atoms with Gasteiger partial charge in [0, 0.05) is 12.6 Å². The standard InChI is InChI=1S/C12H20N2O2/c1-4-15-8-9(2)16-11-5-6-12(10(3)13)14-7-11/h5-7,9-10H,4,8,13H2,1-3H3. The van der Waals surface area contributed by atoms with Crippen LogP contribution in [0, 0.1) is 0 Å². The van der Waals surface area contributed by atoms with E-state index < -0.39 is 0 Å². The van der Waals surface area contributed by atoms with Gasteiger partial charge in [0.1, 0.15) is 11.9 Å². The zero-order valence-electron chi connectivity index (χ0n) is 10.1. The van der Waals surface area contributed by atoms with Gasteiger partial charge >= 0.3 is 0 Å². The van der Waals surface area contributed by atoms with Gasteiger partial charge < -0.3 is 15.2 Å². The molecule has 2 unspecified atom stereocenters. The normalized spacial score (nSPS) is 14.5. The van der Waals surface area contributed by atoms with Crippen molar-refractivity contribution < 1.29 is 9.47 Å². The summed E-state index contributed by atoms with van der Waals surface area (Å²) in [5, 5.41) is 0. The highest BCUT2D eigenvalue weighted by Gasteiger charge is 2.05. The minimum Gasteiger partial charge on any atom is -0.487 e. The maximum absolute atomic E-state index is 5.71. The van der Waals surface area contributed by atoms with Crippen LogP contribution in [0.25, 0.3) is 0 Å². The smallest absolute Gasteiger partial charge is 0.138 e. The molecule has 0 aliphatic carbocycles. The molecule has 0 bridgehead atoms. The molecule has 0 aliphatic rings. The molecule has 1 heterocycles. The molecule has 2 atom stereocenters. The first-order valence-electron chi connectivity index (χ1n) is 5.59. The predicted octanol–water partition coefficient (Wildman–Crippen LogP) is 1.91. The molecule has 1 aromatic heterocycles. The Bertz CT molecular complexity index is 298. The third-order valence-electron chi connectivity index (χ3n) is 2.12. The maximum atomic E-state index is 5.71. The number of nitrogens with zero attached hydrogens (tertiary/aromatic N) is 1. The minimum absolute atomic E-state index is 0.0305. The van der Waals surface area contributed by atoms with Crippen LogP contribution in [-0.4, -0.2) is 24.3 Å². The Labute approximate surface area is 96.8 Å². The van der Waals surface area contributed by atoms with Gasteiger partial charge in [-0.3, -0.25) is 4.98 Å². The van der Waals surface area contributed by atoms with Gasteiger partial charge in [-0.2, -0.15) is 0 Å². The van der Waals surface area contributed by atoms with Gasteiger partial charge in [0.2, 0.25) is 0 Å². The number of aromatic nitrogens is 1. The number of ether oxygens (including phenoxy) is 2. The first-order valence-corrected chi connectivity index (χ1v) is 5.59. The van der Waals surface area contributed by atoms with Gasteiger partial charge in [-0.15, -0.1) is 0 Å². The van der Waals surface area contributed by atoms with Crippen molar-refractivity contribution in [3.8, 4) is 5.75 Å². The zero-order chi connectivity index (χ0) is 12.0. The van der Waals surface area contributed by atoms with Gasteiger partial charge in [-0.25, -0.2) is 0 Å². The molecule has 0 spiro atoms. The van der Waals surface area contributed by atoms with E-state index in [1.165, 1.54) is 0 Å². The molecule has 16 heavy (non-hydrogen) atoms. The maximum Gasteiger partial charge on any atom is 0.138 e. The Morgan fingerprint density at radius 1 is 1.38 bits per heavy atom. The summed E-state index contributed by atoms with van der Waals surface area (Å²) >= 11 is 0. The van der Waals surface area contributed by atoms with E-state index in [0.717, 1.165) is 11.4 Å². The van der Waals surface area contributed by atoms with Crippen LogP contribution in [0.3, 0.4) is 0 Å². The highest BCUT2D eigenvalue weighted by Crippen LogP contribution is 2.14. The van der Waals surface area contributed by atoms with Crippen molar-refractivity contribution in [2.45, 2.75) is 32.9 Å². The summed E-state index contributed by atoms with van der Waals surface area (Å²) in [5.41, 5.74) is 6.57. The molecule has 2 N–H and O–H groups in total. The van der Waals surface area contributed by atoms with Crippen molar-refractivity contribution in [1.29, 1.82) is 0 Å². The molecule has 0 saturated carbocycles. The second-order valence-corrected chi connectivity index (χ2v) is 3.80. The fourth-order valence-corrected chi connectivity index (χ4v) is 1.28. The Morgan fingerprint density at radius 3 is 2.62 bits per heavy atom. The molecule has 0 saturated heterocycles. The molecule has 0 amide bonds. The van der Waals surface area contributed by atoms with E-state index in [9.17, 15) is 0 Å². The van der Waals surface area contributed by atoms with Crippen LogP contribution in [0.15, 0.2) is 18.3 Å². The number of hydrogen-bond acceptors (Lipinski definition) is 4. The lowest BCUT2D eigenvalue weighted by Crippen LogP contribution is -2.19. The molecule has 1 rings (SSSR count). The van der Waals surface area contributed by atoms with Crippen LogP contribution in [0.1, 0.15) is 32.5 Å². The predicted molar refractivity (Wildman–Crippen MR) is 63.4 cm³/mol. The largest absolute Gasteiger partial charge is 0.487 e. The second kappa shape index (κ2) is 6.45. The molecule has 0 aliphatic heterocycles. The van der Waals surface area contributed by atoms with Gasteiger partial charge in [-0.1, -0.05) is 0 Å². The molecule has 1 aromatic rings. The highest BCUT2D eigenvalue weighted by atomic mass is 16.5. The third-order valence-corrected chi connectivity index (χ3v) is 2.12. The van der Waals surface area contributed by atoms with Crippen molar-refractivity contribution in [1.82, 2.24) is 4.98 Å². The molecule has 90 valence electrons. The lowest BCUT2D eigenvalue weighted by molar-refractivity contribution is 0.0655. The van der Waals surface area contributed by atoms with Crippen LogP contribution < -0.4 is 10.5 Å². The van der Waals surface area contributed by atoms with Gasteiger partial charge in [0.05, 0.1) is 18.5 Å². The molecule has 4 heteroatoms. The van der Waals surface area contributed by atoms with Crippen LogP contribution >= 0.6 is 0 Å². The van der Waals surface area contributed by atoms with E-state index in [-0.39, 0.29) is 12.1 Å². The van der Waals surface area contributed by atoms with Gasteiger partial charge in [0.25, 0.3) is 0 Å². The van der Waals surface area contributed by atoms with E-state index in [2.05, 4.69) is 4.98 Å². The fraction of sp³-hybridized carbons (Fsp3) is 0.583. The number of hydrogen-bond donors (Lipinski definition) is 1. The van der Waals surface area contributed by atoms with Crippen LogP contribution in [-0.2, 0) is 4.74 Å². The third kappa shape index (κ3) is 4.16. The summed E-state index contributed by atoms with van der Waals surface area (Å²) < 4.78 is 10.9. The second-order valence-electron chi connectivity index (χ2n) is 3.80. The summed E-state index contributed by atoms with van der Waals surface area (Å²) in [6, 6.07) is 3.72. The van der Waals surface area contributed by atoms with Crippen LogP contribution in [0.5, 0.6) is 5.75 Å². The molecule has 0 aromatic carbocycles. The van der Waals surface area contributed by atoms with E-state index >= 15 is 0 Å². The first-order chi connectivity index (χ1) is 7.63. The Balaban J connectivity index is 2.48. The van der Waals surface area contributed by atoms with Crippen LogP contribution in [0.4, 0.5) is 0 Å². The molecular weight excluding hydrogens is 204 g/mol. The molecular formula is C12H20N2O2. The van der Waals surface area contributed by atoms with Crippen LogP contribution in [0.2, 0.25) is 0 Å². The van der Waals surface area contributed by atoms with Gasteiger partial charge in [-0.05, 0) is 32.9 Å². The monoisotopic (exact) mass is 224 g/mol.